The minimum Gasteiger partial charge on any atom is -0.373 e. The van der Waals surface area contributed by atoms with Crippen molar-refractivity contribution >= 4 is 11.6 Å². The quantitative estimate of drug-likeness (QED) is 0.851. The van der Waals surface area contributed by atoms with Gasteiger partial charge in [-0.05, 0) is 12.8 Å². The molecular weight excluding hydrogens is 244 g/mol. The van der Waals surface area contributed by atoms with Gasteiger partial charge in [0.2, 0.25) is 5.89 Å². The molecule has 0 fully saturated rings. The first-order valence-electron chi connectivity index (χ1n) is 6.17. The van der Waals surface area contributed by atoms with Crippen molar-refractivity contribution in [2.75, 3.05) is 17.7 Å². The van der Waals surface area contributed by atoms with E-state index >= 15 is 0 Å². The Morgan fingerprint density at radius 1 is 1.26 bits per heavy atom. The Hall–Kier alpha value is -2.18. The van der Waals surface area contributed by atoms with E-state index in [9.17, 15) is 0 Å². The van der Waals surface area contributed by atoms with Crippen LogP contribution >= 0.6 is 0 Å². The zero-order chi connectivity index (χ0) is 13.8. The molecule has 2 aromatic heterocycles. The zero-order valence-corrected chi connectivity index (χ0v) is 11.6. The number of nitrogens with one attached hydrogen (secondary N) is 2. The first-order valence-corrected chi connectivity index (χ1v) is 6.17. The molecule has 0 aliphatic rings. The lowest BCUT2D eigenvalue weighted by molar-refractivity contribution is 0.379. The molecule has 102 valence electrons. The van der Waals surface area contributed by atoms with Crippen LogP contribution in [0.3, 0.4) is 0 Å². The molecule has 2 aromatic rings. The highest BCUT2D eigenvalue weighted by atomic mass is 16.5. The maximum atomic E-state index is 5.06. The standard InChI is InChI=1S/C12H18N6O/c1-7(2)10-11(13-4)15-6-16-12(10)14-5-9-17-8(3)18-19-9/h6-7H,5H2,1-4H3,(H2,13,14,15,16). The molecule has 0 atom stereocenters. The Labute approximate surface area is 111 Å². The van der Waals surface area contributed by atoms with E-state index in [0.29, 0.717) is 24.2 Å². The molecule has 0 saturated heterocycles. The Bertz CT molecular complexity index is 551. The molecule has 0 amide bonds. The molecule has 2 rings (SSSR count). The summed E-state index contributed by atoms with van der Waals surface area (Å²) in [6.07, 6.45) is 1.53. The molecule has 19 heavy (non-hydrogen) atoms. The molecule has 0 aromatic carbocycles. The van der Waals surface area contributed by atoms with Crippen LogP contribution in [0.1, 0.15) is 37.0 Å². The molecule has 2 heterocycles. The average Bonchev–Trinajstić information content (AvgIpc) is 2.81. The third-order valence-corrected chi connectivity index (χ3v) is 2.67. The van der Waals surface area contributed by atoms with Gasteiger partial charge in [0.25, 0.3) is 0 Å². The van der Waals surface area contributed by atoms with Crippen LogP contribution in [-0.2, 0) is 6.54 Å². The Morgan fingerprint density at radius 3 is 2.58 bits per heavy atom. The highest BCUT2D eigenvalue weighted by Gasteiger charge is 2.14. The lowest BCUT2D eigenvalue weighted by Crippen LogP contribution is -2.09. The molecular formula is C12H18N6O. The van der Waals surface area contributed by atoms with E-state index in [1.165, 1.54) is 6.33 Å². The van der Waals surface area contributed by atoms with E-state index in [0.717, 1.165) is 17.2 Å². The van der Waals surface area contributed by atoms with Gasteiger partial charge in [-0.3, -0.25) is 0 Å². The van der Waals surface area contributed by atoms with Gasteiger partial charge in [-0.15, -0.1) is 0 Å². The average molecular weight is 262 g/mol. The number of anilines is 2. The van der Waals surface area contributed by atoms with Crippen LogP contribution in [0.25, 0.3) is 0 Å². The summed E-state index contributed by atoms with van der Waals surface area (Å²) in [5, 5.41) is 10.0. The van der Waals surface area contributed by atoms with Crippen LogP contribution in [0, 0.1) is 6.92 Å². The highest BCUT2D eigenvalue weighted by molar-refractivity contribution is 5.58. The molecule has 7 heteroatoms. The van der Waals surface area contributed by atoms with Gasteiger partial charge in [0, 0.05) is 12.6 Å². The number of aromatic nitrogens is 4. The SMILES string of the molecule is CNc1ncnc(NCc2nc(C)no2)c1C(C)C. The van der Waals surface area contributed by atoms with E-state index < -0.39 is 0 Å². The van der Waals surface area contributed by atoms with Gasteiger partial charge in [-0.2, -0.15) is 4.98 Å². The minimum absolute atomic E-state index is 0.301. The van der Waals surface area contributed by atoms with E-state index in [1.807, 2.05) is 7.05 Å². The van der Waals surface area contributed by atoms with E-state index in [2.05, 4.69) is 44.6 Å². The largest absolute Gasteiger partial charge is 0.373 e. The molecule has 0 aliphatic heterocycles. The summed E-state index contributed by atoms with van der Waals surface area (Å²) in [5.41, 5.74) is 1.04. The lowest BCUT2D eigenvalue weighted by Gasteiger charge is -2.15. The number of rotatable bonds is 5. The van der Waals surface area contributed by atoms with E-state index in [4.69, 9.17) is 4.52 Å². The molecule has 0 unspecified atom stereocenters. The molecule has 0 bridgehead atoms. The lowest BCUT2D eigenvalue weighted by atomic mass is 10.0. The summed E-state index contributed by atoms with van der Waals surface area (Å²) in [4.78, 5) is 12.6. The van der Waals surface area contributed by atoms with Crippen molar-refractivity contribution in [2.45, 2.75) is 33.2 Å². The van der Waals surface area contributed by atoms with Crippen LogP contribution in [-0.4, -0.2) is 27.2 Å². The van der Waals surface area contributed by atoms with E-state index in [-0.39, 0.29) is 0 Å². The summed E-state index contributed by atoms with van der Waals surface area (Å²) >= 11 is 0. The molecule has 0 aliphatic carbocycles. The first-order chi connectivity index (χ1) is 9.11. The highest BCUT2D eigenvalue weighted by Crippen LogP contribution is 2.28. The summed E-state index contributed by atoms with van der Waals surface area (Å²) in [6.45, 7) is 6.43. The van der Waals surface area contributed by atoms with Crippen molar-refractivity contribution in [1.29, 1.82) is 0 Å². The van der Waals surface area contributed by atoms with Crippen molar-refractivity contribution in [2.24, 2.45) is 0 Å². The smallest absolute Gasteiger partial charge is 0.245 e. The van der Waals surface area contributed by atoms with Gasteiger partial charge < -0.3 is 15.2 Å². The van der Waals surface area contributed by atoms with Crippen molar-refractivity contribution < 1.29 is 4.52 Å². The second-order valence-corrected chi connectivity index (χ2v) is 4.48. The third kappa shape index (κ3) is 2.98. The van der Waals surface area contributed by atoms with Crippen molar-refractivity contribution in [3.05, 3.63) is 23.6 Å². The predicted molar refractivity (Wildman–Crippen MR) is 72.0 cm³/mol. The van der Waals surface area contributed by atoms with Gasteiger partial charge in [0.05, 0.1) is 6.54 Å². The maximum Gasteiger partial charge on any atom is 0.245 e. The molecule has 2 N–H and O–H groups in total. The fourth-order valence-electron chi connectivity index (χ4n) is 1.85. The fourth-order valence-corrected chi connectivity index (χ4v) is 1.85. The molecule has 7 nitrogen and oxygen atoms in total. The fraction of sp³-hybridized carbons (Fsp3) is 0.500. The van der Waals surface area contributed by atoms with Gasteiger partial charge in [0.15, 0.2) is 5.82 Å². The molecule has 0 radical (unpaired) electrons. The van der Waals surface area contributed by atoms with Gasteiger partial charge in [-0.1, -0.05) is 19.0 Å². The van der Waals surface area contributed by atoms with Gasteiger partial charge in [-0.25, -0.2) is 9.97 Å². The monoisotopic (exact) mass is 262 g/mol. The maximum absolute atomic E-state index is 5.06. The second kappa shape index (κ2) is 5.64. The van der Waals surface area contributed by atoms with Gasteiger partial charge >= 0.3 is 0 Å². The van der Waals surface area contributed by atoms with Crippen LogP contribution in [0.4, 0.5) is 11.6 Å². The minimum atomic E-state index is 0.301. The van der Waals surface area contributed by atoms with E-state index in [1.54, 1.807) is 6.92 Å². The van der Waals surface area contributed by atoms with Crippen LogP contribution < -0.4 is 10.6 Å². The van der Waals surface area contributed by atoms with Crippen LogP contribution in [0.5, 0.6) is 0 Å². The molecule has 0 saturated carbocycles. The normalized spacial score (nSPS) is 10.8. The topological polar surface area (TPSA) is 88.8 Å². The Morgan fingerprint density at radius 2 is 2.00 bits per heavy atom. The van der Waals surface area contributed by atoms with Crippen molar-refractivity contribution in [3.8, 4) is 0 Å². The summed E-state index contributed by atoms with van der Waals surface area (Å²) < 4.78 is 5.06. The van der Waals surface area contributed by atoms with Crippen LogP contribution in [0.15, 0.2) is 10.9 Å². The summed E-state index contributed by atoms with van der Waals surface area (Å²) in [6, 6.07) is 0. The van der Waals surface area contributed by atoms with Crippen molar-refractivity contribution in [3.63, 3.8) is 0 Å². The predicted octanol–water partition coefficient (Wildman–Crippen LogP) is 1.95. The number of hydrogen-bond donors (Lipinski definition) is 2. The summed E-state index contributed by atoms with van der Waals surface area (Å²) in [7, 11) is 1.85. The van der Waals surface area contributed by atoms with Crippen molar-refractivity contribution in [1.82, 2.24) is 20.1 Å². The Balaban J connectivity index is 2.19. The zero-order valence-electron chi connectivity index (χ0n) is 11.6. The molecule has 0 spiro atoms. The first kappa shape index (κ1) is 13.3. The Kier molecular flexibility index (Phi) is 3.94. The van der Waals surface area contributed by atoms with Crippen LogP contribution in [0.2, 0.25) is 0 Å². The second-order valence-electron chi connectivity index (χ2n) is 4.48. The number of aryl methyl sites for hydroxylation is 1. The van der Waals surface area contributed by atoms with Gasteiger partial charge in [0.1, 0.15) is 18.0 Å². The number of nitrogens with zero attached hydrogens (tertiary/aromatic N) is 4. The third-order valence-electron chi connectivity index (χ3n) is 2.67. The summed E-state index contributed by atoms with van der Waals surface area (Å²) in [5.74, 6) is 3.08. The number of hydrogen-bond acceptors (Lipinski definition) is 7.